The molecule has 7 heteroatoms. The molecule has 1 aliphatic rings. The zero-order chi connectivity index (χ0) is 16.3. The first-order chi connectivity index (χ1) is 10.4. The largest absolute Gasteiger partial charge is 0.497 e. The summed E-state index contributed by atoms with van der Waals surface area (Å²) in [6, 6.07) is 8.39. The summed E-state index contributed by atoms with van der Waals surface area (Å²) >= 11 is 0. The zero-order valence-electron chi connectivity index (χ0n) is 12.3. The van der Waals surface area contributed by atoms with E-state index in [1.165, 1.54) is 21.0 Å². The summed E-state index contributed by atoms with van der Waals surface area (Å²) in [6.07, 6.45) is 0. The minimum atomic E-state index is -1.35. The quantitative estimate of drug-likeness (QED) is 0.393. The average Bonchev–Trinajstić information content (AvgIpc) is 2.44. The van der Waals surface area contributed by atoms with E-state index in [-0.39, 0.29) is 5.70 Å². The van der Waals surface area contributed by atoms with Gasteiger partial charge in [-0.25, -0.2) is 9.59 Å². The summed E-state index contributed by atoms with van der Waals surface area (Å²) in [6.45, 7) is 2.87. The number of nitriles is 1. The van der Waals surface area contributed by atoms with Crippen LogP contribution in [0.2, 0.25) is 0 Å². The van der Waals surface area contributed by atoms with Gasteiger partial charge in [0.25, 0.3) is 5.79 Å². The van der Waals surface area contributed by atoms with Crippen molar-refractivity contribution < 1.29 is 23.8 Å². The number of anilines is 1. The summed E-state index contributed by atoms with van der Waals surface area (Å²) in [4.78, 5) is 23.8. The Kier molecular flexibility index (Phi) is 4.04. The summed E-state index contributed by atoms with van der Waals surface area (Å²) in [5, 5.41) is 11.9. The van der Waals surface area contributed by atoms with Crippen LogP contribution in [0.5, 0.6) is 5.75 Å². The van der Waals surface area contributed by atoms with Gasteiger partial charge in [-0.1, -0.05) is 0 Å². The first kappa shape index (κ1) is 15.4. The lowest BCUT2D eigenvalue weighted by Crippen LogP contribution is -2.42. The normalized spacial score (nSPS) is 16.2. The fourth-order valence-electron chi connectivity index (χ4n) is 1.82. The molecule has 1 saturated heterocycles. The van der Waals surface area contributed by atoms with Crippen molar-refractivity contribution in [2.24, 2.45) is 0 Å². The SMILES string of the molecule is COc1ccc(NC(C#N)=C2C(=O)OC(C)(C)OC2=O)cc1. The van der Waals surface area contributed by atoms with Crippen LogP contribution in [-0.4, -0.2) is 24.8 Å². The lowest BCUT2D eigenvalue weighted by Gasteiger charge is -2.30. The second-order valence-electron chi connectivity index (χ2n) is 4.89. The molecule has 0 bridgehead atoms. The monoisotopic (exact) mass is 302 g/mol. The molecule has 1 N–H and O–H groups in total. The summed E-state index contributed by atoms with van der Waals surface area (Å²) in [5.74, 6) is -2.52. The Morgan fingerprint density at radius 3 is 2.18 bits per heavy atom. The van der Waals surface area contributed by atoms with Crippen LogP contribution in [0.4, 0.5) is 5.69 Å². The van der Waals surface area contributed by atoms with Crippen molar-refractivity contribution in [1.82, 2.24) is 0 Å². The molecular weight excluding hydrogens is 288 g/mol. The number of benzene rings is 1. The van der Waals surface area contributed by atoms with Crippen molar-refractivity contribution in [2.75, 3.05) is 12.4 Å². The molecule has 0 radical (unpaired) electrons. The molecule has 1 aliphatic heterocycles. The molecule has 0 atom stereocenters. The van der Waals surface area contributed by atoms with Crippen LogP contribution in [0.1, 0.15) is 13.8 Å². The third kappa shape index (κ3) is 3.17. The van der Waals surface area contributed by atoms with Crippen molar-refractivity contribution in [3.8, 4) is 11.8 Å². The maximum Gasteiger partial charge on any atom is 0.351 e. The van der Waals surface area contributed by atoms with Crippen LogP contribution in [0.3, 0.4) is 0 Å². The predicted molar refractivity (Wildman–Crippen MR) is 75.5 cm³/mol. The number of carbonyl (C=O) groups excluding carboxylic acids is 2. The first-order valence-electron chi connectivity index (χ1n) is 6.38. The molecular formula is C15H14N2O5. The van der Waals surface area contributed by atoms with Gasteiger partial charge in [0, 0.05) is 19.5 Å². The van der Waals surface area contributed by atoms with Crippen molar-refractivity contribution in [2.45, 2.75) is 19.6 Å². The summed E-state index contributed by atoms with van der Waals surface area (Å²) < 4.78 is 14.9. The number of hydrogen-bond acceptors (Lipinski definition) is 7. The van der Waals surface area contributed by atoms with Gasteiger partial charge in [-0.15, -0.1) is 0 Å². The van der Waals surface area contributed by atoms with Crippen LogP contribution in [0.15, 0.2) is 35.5 Å². The Bertz CT molecular complexity index is 661. The van der Waals surface area contributed by atoms with E-state index in [1.54, 1.807) is 30.3 Å². The van der Waals surface area contributed by atoms with Gasteiger partial charge in [0.05, 0.1) is 7.11 Å². The van der Waals surface area contributed by atoms with E-state index in [0.29, 0.717) is 11.4 Å². The molecule has 1 heterocycles. The van der Waals surface area contributed by atoms with Crippen molar-refractivity contribution >= 4 is 17.6 Å². The maximum absolute atomic E-state index is 11.9. The van der Waals surface area contributed by atoms with Gasteiger partial charge in [-0.2, -0.15) is 5.26 Å². The van der Waals surface area contributed by atoms with Crippen molar-refractivity contribution in [3.63, 3.8) is 0 Å². The van der Waals surface area contributed by atoms with Crippen LogP contribution in [-0.2, 0) is 19.1 Å². The topological polar surface area (TPSA) is 97.7 Å². The number of ether oxygens (including phenoxy) is 3. The standard InChI is InChI=1S/C15H14N2O5/c1-15(2)21-13(18)12(14(19)22-15)11(8-16)17-9-4-6-10(20-3)7-5-9/h4-7,17H,1-3H3. The number of hydrogen-bond donors (Lipinski definition) is 1. The van der Waals surface area contributed by atoms with Gasteiger partial charge in [0.1, 0.15) is 17.5 Å². The van der Waals surface area contributed by atoms with Gasteiger partial charge >= 0.3 is 11.9 Å². The van der Waals surface area contributed by atoms with Gasteiger partial charge in [-0.3, -0.25) is 0 Å². The minimum Gasteiger partial charge on any atom is -0.497 e. The van der Waals surface area contributed by atoms with E-state index in [0.717, 1.165) is 0 Å². The number of rotatable bonds is 3. The number of carbonyl (C=O) groups is 2. The third-order valence-electron chi connectivity index (χ3n) is 2.81. The number of nitrogens with one attached hydrogen (secondary N) is 1. The molecule has 1 fully saturated rings. The van der Waals surface area contributed by atoms with Crippen LogP contribution in [0.25, 0.3) is 0 Å². The fourth-order valence-corrected chi connectivity index (χ4v) is 1.82. The smallest absolute Gasteiger partial charge is 0.351 e. The first-order valence-corrected chi connectivity index (χ1v) is 6.38. The van der Waals surface area contributed by atoms with Crippen molar-refractivity contribution in [1.29, 1.82) is 5.26 Å². The van der Waals surface area contributed by atoms with Gasteiger partial charge < -0.3 is 19.5 Å². The minimum absolute atomic E-state index is 0.240. The van der Waals surface area contributed by atoms with E-state index >= 15 is 0 Å². The number of nitrogens with zero attached hydrogens (tertiary/aromatic N) is 1. The van der Waals surface area contributed by atoms with E-state index < -0.39 is 23.3 Å². The predicted octanol–water partition coefficient (Wildman–Crippen LogP) is 1.72. The summed E-state index contributed by atoms with van der Waals surface area (Å²) in [5.41, 5.74) is -0.191. The van der Waals surface area contributed by atoms with E-state index in [2.05, 4.69) is 5.32 Å². The second kappa shape index (κ2) is 5.77. The molecule has 0 saturated carbocycles. The van der Waals surface area contributed by atoms with Crippen molar-refractivity contribution in [3.05, 3.63) is 35.5 Å². The molecule has 114 valence electrons. The molecule has 2 rings (SSSR count). The maximum atomic E-state index is 11.9. The molecule has 0 aliphatic carbocycles. The molecule has 0 spiro atoms. The highest BCUT2D eigenvalue weighted by molar-refractivity contribution is 6.16. The van der Waals surface area contributed by atoms with Gasteiger partial charge in [-0.05, 0) is 24.3 Å². The molecule has 22 heavy (non-hydrogen) atoms. The third-order valence-corrected chi connectivity index (χ3v) is 2.81. The lowest BCUT2D eigenvalue weighted by atomic mass is 10.1. The Morgan fingerprint density at radius 1 is 1.18 bits per heavy atom. The summed E-state index contributed by atoms with van der Waals surface area (Å²) in [7, 11) is 1.53. The van der Waals surface area contributed by atoms with E-state index in [4.69, 9.17) is 14.2 Å². The molecule has 0 amide bonds. The number of methoxy groups -OCH3 is 1. The highest BCUT2D eigenvalue weighted by atomic mass is 16.7. The molecule has 0 unspecified atom stereocenters. The van der Waals surface area contributed by atoms with E-state index in [1.807, 2.05) is 0 Å². The molecule has 1 aromatic carbocycles. The Hall–Kier alpha value is -3.01. The highest BCUT2D eigenvalue weighted by Gasteiger charge is 2.41. The average molecular weight is 302 g/mol. The number of esters is 2. The van der Waals surface area contributed by atoms with E-state index in [9.17, 15) is 14.9 Å². The molecule has 0 aromatic heterocycles. The number of cyclic esters (lactones) is 2. The van der Waals surface area contributed by atoms with Gasteiger partial charge in [0.2, 0.25) is 0 Å². The highest BCUT2D eigenvalue weighted by Crippen LogP contribution is 2.25. The van der Waals surface area contributed by atoms with Crippen LogP contribution >= 0.6 is 0 Å². The lowest BCUT2D eigenvalue weighted by molar-refractivity contribution is -0.222. The zero-order valence-corrected chi connectivity index (χ0v) is 12.3. The van der Waals surface area contributed by atoms with Gasteiger partial charge in [0.15, 0.2) is 5.57 Å². The Labute approximate surface area is 127 Å². The van der Waals surface area contributed by atoms with Crippen LogP contribution < -0.4 is 10.1 Å². The molecule has 7 nitrogen and oxygen atoms in total. The Balaban J connectivity index is 2.31. The molecule has 1 aromatic rings. The Morgan fingerprint density at radius 2 is 1.73 bits per heavy atom. The number of allylic oxidation sites excluding steroid dienone is 1. The second-order valence-corrected chi connectivity index (χ2v) is 4.89. The fraction of sp³-hybridized carbons (Fsp3) is 0.267. The van der Waals surface area contributed by atoms with Crippen LogP contribution in [0, 0.1) is 11.3 Å².